The summed E-state index contributed by atoms with van der Waals surface area (Å²) in [5, 5.41) is 19.8. The Morgan fingerprint density at radius 3 is 2.19 bits per heavy atom. The van der Waals surface area contributed by atoms with Gasteiger partial charge in [-0.1, -0.05) is 31.4 Å². The van der Waals surface area contributed by atoms with Gasteiger partial charge < -0.3 is 24.6 Å². The summed E-state index contributed by atoms with van der Waals surface area (Å²) >= 11 is 0. The molecule has 0 aliphatic carbocycles. The molecule has 4 rings (SSSR count). The molecule has 12 nitrogen and oxygen atoms in total. The summed E-state index contributed by atoms with van der Waals surface area (Å²) in [7, 11) is 0. The van der Waals surface area contributed by atoms with E-state index in [0.717, 1.165) is 4.90 Å². The highest BCUT2D eigenvalue weighted by atomic mass is 16.6. The zero-order valence-electron chi connectivity index (χ0n) is 19.2. The fraction of sp³-hybridized carbons (Fsp3) is 0.292. The van der Waals surface area contributed by atoms with Crippen molar-refractivity contribution >= 4 is 40.7 Å². The number of hydrogen-bond acceptors (Lipinski definition) is 8. The summed E-state index contributed by atoms with van der Waals surface area (Å²) < 4.78 is 11.3. The van der Waals surface area contributed by atoms with Crippen molar-refractivity contribution in [2.24, 2.45) is 5.92 Å². The van der Waals surface area contributed by atoms with Crippen LogP contribution in [0.2, 0.25) is 0 Å². The van der Waals surface area contributed by atoms with Crippen LogP contribution >= 0.6 is 0 Å². The summed E-state index contributed by atoms with van der Waals surface area (Å²) in [6.07, 6.45) is -0.339. The van der Waals surface area contributed by atoms with Gasteiger partial charge in [-0.25, -0.2) is 19.2 Å². The van der Waals surface area contributed by atoms with E-state index in [1.54, 1.807) is 0 Å². The van der Waals surface area contributed by atoms with E-state index in [2.05, 4.69) is 13.2 Å². The fourth-order valence-electron chi connectivity index (χ4n) is 4.65. The number of aliphatic hydroxyl groups is 1. The third-order valence-corrected chi connectivity index (χ3v) is 6.13. The molecule has 0 unspecified atom stereocenters. The maximum Gasteiger partial charge on any atom is 0.423 e. The van der Waals surface area contributed by atoms with Crippen LogP contribution in [0, 0.1) is 5.92 Å². The van der Waals surface area contributed by atoms with E-state index in [0.29, 0.717) is 14.7 Å². The summed E-state index contributed by atoms with van der Waals surface area (Å²) in [5.74, 6) is -2.57. The maximum absolute atomic E-state index is 13.1. The molecule has 0 bridgehead atoms. The molecule has 2 aliphatic rings. The fourth-order valence-corrected chi connectivity index (χ4v) is 4.65. The van der Waals surface area contributed by atoms with Gasteiger partial charge >= 0.3 is 23.8 Å². The zero-order chi connectivity index (χ0) is 26.3. The quantitative estimate of drug-likeness (QED) is 0.428. The number of carboxylic acids is 1. The third kappa shape index (κ3) is 3.71. The Kier molecular flexibility index (Phi) is 6.37. The minimum Gasteiger partial charge on any atom is -0.477 e. The molecule has 2 aliphatic heterocycles. The van der Waals surface area contributed by atoms with Gasteiger partial charge in [0.2, 0.25) is 5.91 Å². The Balaban J connectivity index is 1.88. The van der Waals surface area contributed by atoms with Crippen LogP contribution < -0.4 is 5.69 Å². The Bertz CT molecular complexity index is 1410. The molecule has 36 heavy (non-hydrogen) atoms. The monoisotopic (exact) mass is 497 g/mol. The van der Waals surface area contributed by atoms with E-state index in [1.807, 2.05) is 0 Å². The van der Waals surface area contributed by atoms with Crippen LogP contribution in [0.1, 0.15) is 18.9 Å². The second-order valence-electron chi connectivity index (χ2n) is 8.27. The first-order chi connectivity index (χ1) is 17.1. The summed E-state index contributed by atoms with van der Waals surface area (Å²) in [4.78, 5) is 64.1. The molecule has 1 aromatic carbocycles. The number of nitrogens with zero attached hydrogens (tertiary/aromatic N) is 3. The Morgan fingerprint density at radius 1 is 1.08 bits per heavy atom. The highest BCUT2D eigenvalue weighted by Gasteiger charge is 2.56. The van der Waals surface area contributed by atoms with Crippen LogP contribution in [0.3, 0.4) is 0 Å². The van der Waals surface area contributed by atoms with Crippen LogP contribution in [0.5, 0.6) is 0 Å². The molecule has 0 saturated carbocycles. The van der Waals surface area contributed by atoms with E-state index in [4.69, 9.17) is 9.47 Å². The zero-order valence-corrected chi connectivity index (χ0v) is 19.2. The van der Waals surface area contributed by atoms with E-state index in [-0.39, 0.29) is 41.9 Å². The number of aliphatic hydroxyl groups excluding tert-OH is 1. The minimum atomic E-state index is -1.33. The molecule has 3 heterocycles. The lowest BCUT2D eigenvalue weighted by molar-refractivity contribution is -0.161. The van der Waals surface area contributed by atoms with Gasteiger partial charge in [0, 0.05) is 0 Å². The molecular weight excluding hydrogens is 474 g/mol. The van der Waals surface area contributed by atoms with Crippen LogP contribution in [0.15, 0.2) is 54.0 Å². The summed E-state index contributed by atoms with van der Waals surface area (Å²) in [6, 6.07) is 3.68. The van der Waals surface area contributed by atoms with Gasteiger partial charge in [0.15, 0.2) is 0 Å². The largest absolute Gasteiger partial charge is 0.477 e. The number of benzene rings is 1. The lowest BCUT2D eigenvalue weighted by Gasteiger charge is -2.44. The van der Waals surface area contributed by atoms with Crippen molar-refractivity contribution in [3.05, 3.63) is 65.3 Å². The molecule has 188 valence electrons. The highest BCUT2D eigenvalue weighted by molar-refractivity contribution is 6.07. The number of β-lactam (4-membered cyclic amide) rings is 1. The third-order valence-electron chi connectivity index (χ3n) is 6.13. The summed E-state index contributed by atoms with van der Waals surface area (Å²) in [6.45, 7) is 7.98. The van der Waals surface area contributed by atoms with Gasteiger partial charge in [0.05, 0.1) is 29.1 Å². The van der Waals surface area contributed by atoms with Gasteiger partial charge in [0.1, 0.15) is 18.9 Å². The van der Waals surface area contributed by atoms with Gasteiger partial charge in [0.25, 0.3) is 0 Å². The first kappa shape index (κ1) is 24.7. The number of aromatic nitrogens is 2. The van der Waals surface area contributed by atoms with Crippen LogP contribution in [0.4, 0.5) is 9.59 Å². The number of carbonyl (C=O) groups excluding carboxylic acids is 3. The molecule has 0 spiro atoms. The average molecular weight is 497 g/mol. The topological polar surface area (TPSA) is 157 Å². The van der Waals surface area contributed by atoms with Crippen molar-refractivity contribution in [1.82, 2.24) is 14.0 Å². The predicted molar refractivity (Wildman–Crippen MR) is 125 cm³/mol. The lowest BCUT2D eigenvalue weighted by atomic mass is 9.82. The number of carbonyl (C=O) groups is 4. The molecule has 3 atom stereocenters. The second kappa shape index (κ2) is 9.30. The van der Waals surface area contributed by atoms with Crippen LogP contribution in [-0.2, 0) is 19.1 Å². The number of amides is 1. The van der Waals surface area contributed by atoms with Crippen LogP contribution in [0.25, 0.3) is 16.6 Å². The standard InChI is InChI=1S/C24H23N3O9/c1-4-8-35-23(33)26-15-7-6-13(10-16(15)27(22(26)32)24(34)36-9-5-2)14-11-17-18(12(3)28)20(29)25(17)19(14)21(30)31/h4-7,10,12,17-18,28H,1-2,8-9,11H2,3H3,(H,30,31)/t12-,17-,18-/m1/s1. The average Bonchev–Trinajstić information content (AvgIpc) is 3.32. The Morgan fingerprint density at radius 2 is 1.67 bits per heavy atom. The molecule has 0 radical (unpaired) electrons. The predicted octanol–water partition coefficient (Wildman–Crippen LogP) is 1.55. The Hall–Kier alpha value is -4.45. The normalized spacial score (nSPS) is 19.5. The molecule has 1 fully saturated rings. The van der Waals surface area contributed by atoms with Crippen molar-refractivity contribution in [3.63, 3.8) is 0 Å². The van der Waals surface area contributed by atoms with Gasteiger partial charge in [-0.3, -0.25) is 4.79 Å². The van der Waals surface area contributed by atoms with E-state index in [9.17, 15) is 34.2 Å². The molecular formula is C24H23N3O9. The number of aliphatic carboxylic acids is 1. The smallest absolute Gasteiger partial charge is 0.423 e. The SMILES string of the molecule is C=CCOC(=O)n1c(=O)n(C(=O)OCC=C)c2cc(C3=C(C(=O)O)N4C(=O)[C@H]([C@@H](C)O)[C@H]4C3)ccc21. The number of imidazole rings is 1. The number of rotatable bonds is 7. The second-order valence-corrected chi connectivity index (χ2v) is 8.27. The van der Waals surface area contributed by atoms with Crippen molar-refractivity contribution in [2.75, 3.05) is 13.2 Å². The Labute approximate surface area is 203 Å². The minimum absolute atomic E-state index is 0.0186. The van der Waals surface area contributed by atoms with Crippen molar-refractivity contribution in [1.29, 1.82) is 0 Å². The molecule has 2 N–H and O–H groups in total. The molecule has 12 heteroatoms. The molecule has 2 aromatic rings. The van der Waals surface area contributed by atoms with Crippen molar-refractivity contribution in [3.8, 4) is 0 Å². The number of ether oxygens (including phenoxy) is 2. The van der Waals surface area contributed by atoms with Crippen LogP contribution in [-0.4, -0.2) is 73.7 Å². The van der Waals surface area contributed by atoms with Crippen molar-refractivity contribution in [2.45, 2.75) is 25.5 Å². The first-order valence-corrected chi connectivity index (χ1v) is 11.0. The lowest BCUT2D eigenvalue weighted by Crippen LogP contribution is -2.61. The number of hydrogen-bond donors (Lipinski definition) is 2. The van der Waals surface area contributed by atoms with E-state index in [1.165, 1.54) is 37.3 Å². The maximum atomic E-state index is 13.1. The van der Waals surface area contributed by atoms with E-state index >= 15 is 0 Å². The first-order valence-electron chi connectivity index (χ1n) is 11.0. The van der Waals surface area contributed by atoms with Gasteiger partial charge in [-0.2, -0.15) is 9.13 Å². The van der Waals surface area contributed by atoms with Gasteiger partial charge in [-0.15, -0.1) is 0 Å². The van der Waals surface area contributed by atoms with Crippen molar-refractivity contribution < 1.29 is 38.9 Å². The number of carboxylic acid groups (broad SMARTS) is 1. The molecule has 1 saturated heterocycles. The summed E-state index contributed by atoms with van der Waals surface area (Å²) in [5.41, 5.74) is -0.705. The van der Waals surface area contributed by atoms with Gasteiger partial charge in [-0.05, 0) is 36.6 Å². The molecule has 1 amide bonds. The molecule has 1 aromatic heterocycles. The highest BCUT2D eigenvalue weighted by Crippen LogP contribution is 2.47. The number of fused-ring (bicyclic) bond motifs is 2. The van der Waals surface area contributed by atoms with E-state index < -0.39 is 47.8 Å².